The van der Waals surface area contributed by atoms with Crippen molar-refractivity contribution in [1.29, 1.82) is 0 Å². The lowest BCUT2D eigenvalue weighted by Gasteiger charge is -2.33. The molecule has 3 rings (SSSR count). The predicted octanol–water partition coefficient (Wildman–Crippen LogP) is 1.47. The van der Waals surface area contributed by atoms with Gasteiger partial charge in [-0.05, 0) is 18.7 Å². The summed E-state index contributed by atoms with van der Waals surface area (Å²) in [6.45, 7) is 8.34. The Balaban J connectivity index is 1.59. The molecule has 1 aliphatic heterocycles. The topological polar surface area (TPSA) is 58.5 Å². The second-order valence-corrected chi connectivity index (χ2v) is 4.69. The number of furan rings is 1. The fourth-order valence-corrected chi connectivity index (χ4v) is 2.27. The number of rotatable bonds is 4. The number of likely N-dealkylation sites (N-methyl/N-ethyl adjacent to an activating group) is 1. The first-order valence-electron chi connectivity index (χ1n) is 6.66. The van der Waals surface area contributed by atoms with Crippen LogP contribution in [0.4, 0.5) is 0 Å². The third-order valence-corrected chi connectivity index (χ3v) is 3.47. The van der Waals surface area contributed by atoms with Gasteiger partial charge in [0, 0.05) is 26.2 Å². The Hall–Kier alpha value is -1.66. The van der Waals surface area contributed by atoms with Gasteiger partial charge in [0.05, 0.1) is 12.8 Å². The van der Waals surface area contributed by atoms with E-state index in [0.717, 1.165) is 32.7 Å². The Bertz CT molecular complexity index is 500. The van der Waals surface area contributed by atoms with Crippen molar-refractivity contribution < 1.29 is 8.83 Å². The zero-order valence-corrected chi connectivity index (χ0v) is 11.1. The van der Waals surface area contributed by atoms with Crippen molar-refractivity contribution in [2.24, 2.45) is 0 Å². The zero-order chi connectivity index (χ0) is 13.1. The van der Waals surface area contributed by atoms with Crippen molar-refractivity contribution in [3.8, 4) is 11.7 Å². The summed E-state index contributed by atoms with van der Waals surface area (Å²) in [5, 5.41) is 8.08. The number of hydrogen-bond donors (Lipinski definition) is 0. The normalized spacial score (nSPS) is 17.9. The molecule has 0 radical (unpaired) electrons. The van der Waals surface area contributed by atoms with Gasteiger partial charge in [0.1, 0.15) is 0 Å². The molecule has 2 aromatic heterocycles. The summed E-state index contributed by atoms with van der Waals surface area (Å²) in [6.07, 6.45) is 1.60. The van der Waals surface area contributed by atoms with Gasteiger partial charge in [0.2, 0.25) is 5.89 Å². The lowest BCUT2D eigenvalue weighted by atomic mass is 10.3. The molecule has 0 atom stereocenters. The van der Waals surface area contributed by atoms with Crippen molar-refractivity contribution in [3.05, 3.63) is 24.3 Å². The van der Waals surface area contributed by atoms with E-state index < -0.39 is 0 Å². The highest BCUT2D eigenvalue weighted by molar-refractivity contribution is 5.42. The first kappa shape index (κ1) is 12.4. The van der Waals surface area contributed by atoms with Gasteiger partial charge in [-0.3, -0.25) is 4.90 Å². The molecule has 19 heavy (non-hydrogen) atoms. The van der Waals surface area contributed by atoms with E-state index in [1.54, 1.807) is 6.26 Å². The average molecular weight is 262 g/mol. The van der Waals surface area contributed by atoms with Gasteiger partial charge < -0.3 is 13.7 Å². The molecule has 2 aromatic rings. The summed E-state index contributed by atoms with van der Waals surface area (Å²) < 4.78 is 10.8. The van der Waals surface area contributed by atoms with Crippen LogP contribution in [-0.2, 0) is 6.54 Å². The Morgan fingerprint density at radius 3 is 2.63 bits per heavy atom. The molecule has 0 aliphatic carbocycles. The summed E-state index contributed by atoms with van der Waals surface area (Å²) in [6, 6.07) is 3.63. The average Bonchev–Trinajstić information content (AvgIpc) is 3.10. The van der Waals surface area contributed by atoms with Gasteiger partial charge in [-0.1, -0.05) is 6.92 Å². The van der Waals surface area contributed by atoms with Crippen LogP contribution < -0.4 is 0 Å². The number of nitrogens with zero attached hydrogens (tertiary/aromatic N) is 4. The highest BCUT2D eigenvalue weighted by atomic mass is 16.4. The lowest BCUT2D eigenvalue weighted by Crippen LogP contribution is -2.45. The largest absolute Gasteiger partial charge is 0.459 e. The Kier molecular flexibility index (Phi) is 3.61. The van der Waals surface area contributed by atoms with Gasteiger partial charge >= 0.3 is 0 Å². The zero-order valence-electron chi connectivity index (χ0n) is 11.1. The van der Waals surface area contributed by atoms with Crippen LogP contribution in [0.3, 0.4) is 0 Å². The molecule has 0 unspecified atom stereocenters. The SMILES string of the molecule is CCN1CCN(Cc2nnc(-c3ccco3)o2)CC1. The van der Waals surface area contributed by atoms with E-state index in [2.05, 4.69) is 26.9 Å². The van der Waals surface area contributed by atoms with Gasteiger partial charge in [0.15, 0.2) is 5.76 Å². The molecular formula is C13H18N4O2. The Labute approximate surface area is 112 Å². The van der Waals surface area contributed by atoms with Crippen LogP contribution in [0.25, 0.3) is 11.7 Å². The molecule has 102 valence electrons. The minimum Gasteiger partial charge on any atom is -0.459 e. The monoisotopic (exact) mass is 262 g/mol. The minimum absolute atomic E-state index is 0.451. The fourth-order valence-electron chi connectivity index (χ4n) is 2.27. The van der Waals surface area contributed by atoms with Crippen molar-refractivity contribution in [3.63, 3.8) is 0 Å². The molecule has 0 bridgehead atoms. The summed E-state index contributed by atoms with van der Waals surface area (Å²) in [5.41, 5.74) is 0. The van der Waals surface area contributed by atoms with Crippen LogP contribution in [0, 0.1) is 0 Å². The highest BCUT2D eigenvalue weighted by Crippen LogP contribution is 2.18. The predicted molar refractivity (Wildman–Crippen MR) is 69.4 cm³/mol. The van der Waals surface area contributed by atoms with Crippen molar-refractivity contribution >= 4 is 0 Å². The van der Waals surface area contributed by atoms with E-state index in [-0.39, 0.29) is 0 Å². The van der Waals surface area contributed by atoms with Crippen LogP contribution in [0.1, 0.15) is 12.8 Å². The molecule has 0 spiro atoms. The molecule has 6 heteroatoms. The first-order valence-corrected chi connectivity index (χ1v) is 6.66. The summed E-state index contributed by atoms with van der Waals surface area (Å²) in [4.78, 5) is 4.78. The van der Waals surface area contributed by atoms with Crippen LogP contribution in [0.2, 0.25) is 0 Å². The molecule has 1 fully saturated rings. The van der Waals surface area contributed by atoms with E-state index in [1.165, 1.54) is 0 Å². The smallest absolute Gasteiger partial charge is 0.283 e. The molecule has 0 N–H and O–H groups in total. The van der Waals surface area contributed by atoms with Gasteiger partial charge in [-0.15, -0.1) is 10.2 Å². The molecule has 1 aliphatic rings. The molecule has 0 amide bonds. The van der Waals surface area contributed by atoms with Crippen LogP contribution in [0.5, 0.6) is 0 Å². The fraction of sp³-hybridized carbons (Fsp3) is 0.538. The number of aromatic nitrogens is 2. The van der Waals surface area contributed by atoms with Gasteiger partial charge in [-0.25, -0.2) is 0 Å². The summed E-state index contributed by atoms with van der Waals surface area (Å²) in [5.74, 6) is 1.72. The summed E-state index contributed by atoms with van der Waals surface area (Å²) >= 11 is 0. The molecule has 0 aromatic carbocycles. The number of hydrogen-bond acceptors (Lipinski definition) is 6. The van der Waals surface area contributed by atoms with E-state index in [1.807, 2.05) is 12.1 Å². The maximum Gasteiger partial charge on any atom is 0.283 e. The molecular weight excluding hydrogens is 244 g/mol. The maximum atomic E-state index is 5.61. The third kappa shape index (κ3) is 2.85. The van der Waals surface area contributed by atoms with Crippen LogP contribution >= 0.6 is 0 Å². The van der Waals surface area contributed by atoms with Gasteiger partial charge in [0.25, 0.3) is 5.89 Å². The highest BCUT2D eigenvalue weighted by Gasteiger charge is 2.18. The molecule has 3 heterocycles. The van der Waals surface area contributed by atoms with E-state index in [4.69, 9.17) is 8.83 Å². The van der Waals surface area contributed by atoms with Crippen molar-refractivity contribution in [1.82, 2.24) is 20.0 Å². The van der Waals surface area contributed by atoms with E-state index in [9.17, 15) is 0 Å². The second-order valence-electron chi connectivity index (χ2n) is 4.69. The van der Waals surface area contributed by atoms with Crippen molar-refractivity contribution in [2.45, 2.75) is 13.5 Å². The van der Waals surface area contributed by atoms with Crippen LogP contribution in [-0.4, -0.2) is 52.7 Å². The van der Waals surface area contributed by atoms with Crippen LogP contribution in [0.15, 0.2) is 27.2 Å². The number of piperazine rings is 1. The third-order valence-electron chi connectivity index (χ3n) is 3.47. The van der Waals surface area contributed by atoms with Crippen molar-refractivity contribution in [2.75, 3.05) is 32.7 Å². The maximum absolute atomic E-state index is 5.61. The molecule has 6 nitrogen and oxygen atoms in total. The Morgan fingerprint density at radius 2 is 1.95 bits per heavy atom. The second kappa shape index (κ2) is 5.54. The first-order chi connectivity index (χ1) is 9.35. The summed E-state index contributed by atoms with van der Waals surface area (Å²) in [7, 11) is 0. The minimum atomic E-state index is 0.451. The van der Waals surface area contributed by atoms with E-state index in [0.29, 0.717) is 24.1 Å². The quantitative estimate of drug-likeness (QED) is 0.831. The van der Waals surface area contributed by atoms with Gasteiger partial charge in [-0.2, -0.15) is 0 Å². The van der Waals surface area contributed by atoms with E-state index >= 15 is 0 Å². The standard InChI is InChI=1S/C13H18N4O2/c1-2-16-5-7-17(8-6-16)10-12-14-15-13(19-12)11-4-3-9-18-11/h3-4,9H,2,5-8,10H2,1H3. The lowest BCUT2D eigenvalue weighted by molar-refractivity contribution is 0.124. The molecule has 0 saturated carbocycles. The Morgan fingerprint density at radius 1 is 1.16 bits per heavy atom. The molecule has 1 saturated heterocycles.